The van der Waals surface area contributed by atoms with Gasteiger partial charge in [0, 0.05) is 25.7 Å². The van der Waals surface area contributed by atoms with Crippen molar-refractivity contribution in [3.05, 3.63) is 84.2 Å². The summed E-state index contributed by atoms with van der Waals surface area (Å²) >= 11 is 0. The molecular formula is C30H33N3O2. The number of aromatic nitrogens is 2. The van der Waals surface area contributed by atoms with E-state index in [0.29, 0.717) is 12.6 Å². The standard InChI is InChI=1S/C30H33N3O2/c34-27(19-32-15-14-22-6-1-2-7-25(22)18-32)20-35-28-11-5-8-23(16-28)24-12-13-29-30(17-24)33(21-31-29)26-9-3-4-10-26/h1-2,5-8,11-13,16-17,21,26-27,34H,3-4,9-10,14-15,18-20H2. The lowest BCUT2D eigenvalue weighted by Crippen LogP contribution is -2.38. The van der Waals surface area contributed by atoms with Gasteiger partial charge in [-0.2, -0.15) is 0 Å². The number of β-amino-alcohol motifs (C(OH)–C–C–N with tert-alkyl or cyclic N) is 1. The van der Waals surface area contributed by atoms with E-state index in [1.807, 2.05) is 18.5 Å². The topological polar surface area (TPSA) is 50.5 Å². The molecule has 1 aliphatic carbocycles. The molecule has 35 heavy (non-hydrogen) atoms. The van der Waals surface area contributed by atoms with Gasteiger partial charge in [0.1, 0.15) is 18.5 Å². The summed E-state index contributed by atoms with van der Waals surface area (Å²) in [6.45, 7) is 2.77. The monoisotopic (exact) mass is 467 g/mol. The number of aliphatic hydroxyl groups excluding tert-OH is 1. The fourth-order valence-electron chi connectivity index (χ4n) is 5.70. The summed E-state index contributed by atoms with van der Waals surface area (Å²) in [4.78, 5) is 6.95. The molecule has 0 bridgehead atoms. The van der Waals surface area contributed by atoms with Crippen molar-refractivity contribution >= 4 is 11.0 Å². The Labute approximate surface area is 207 Å². The average molecular weight is 468 g/mol. The molecule has 1 unspecified atom stereocenters. The molecule has 5 nitrogen and oxygen atoms in total. The third-order valence-electron chi connectivity index (χ3n) is 7.58. The second-order valence-electron chi connectivity index (χ2n) is 10.0. The summed E-state index contributed by atoms with van der Waals surface area (Å²) in [6, 6.07) is 23.8. The predicted octanol–water partition coefficient (Wildman–Crippen LogP) is 5.62. The second kappa shape index (κ2) is 9.84. The number of imidazole rings is 1. The van der Waals surface area contributed by atoms with E-state index in [1.165, 1.54) is 42.3 Å². The molecule has 4 aromatic rings. The van der Waals surface area contributed by atoms with E-state index in [9.17, 15) is 5.11 Å². The minimum absolute atomic E-state index is 0.287. The Bertz CT molecular complexity index is 1310. The molecule has 2 heterocycles. The maximum atomic E-state index is 10.6. The lowest BCUT2D eigenvalue weighted by Gasteiger charge is -2.30. The zero-order valence-electron chi connectivity index (χ0n) is 20.1. The number of fused-ring (bicyclic) bond motifs is 2. The van der Waals surface area contributed by atoms with Gasteiger partial charge in [0.05, 0.1) is 17.4 Å². The van der Waals surface area contributed by atoms with Gasteiger partial charge in [-0.3, -0.25) is 4.90 Å². The van der Waals surface area contributed by atoms with Gasteiger partial charge in [0.2, 0.25) is 0 Å². The summed E-state index contributed by atoms with van der Waals surface area (Å²) in [7, 11) is 0. The Morgan fingerprint density at radius 2 is 1.77 bits per heavy atom. The molecule has 1 aromatic heterocycles. The van der Waals surface area contributed by atoms with Gasteiger partial charge in [0.25, 0.3) is 0 Å². The van der Waals surface area contributed by atoms with Crippen molar-refractivity contribution < 1.29 is 9.84 Å². The molecule has 0 saturated heterocycles. The lowest BCUT2D eigenvalue weighted by molar-refractivity contribution is 0.0638. The van der Waals surface area contributed by atoms with E-state index in [-0.39, 0.29) is 6.61 Å². The van der Waals surface area contributed by atoms with Crippen molar-refractivity contribution in [2.45, 2.75) is 50.8 Å². The Balaban J connectivity index is 1.11. The minimum atomic E-state index is -0.527. The zero-order valence-corrected chi connectivity index (χ0v) is 20.1. The normalized spacial score (nSPS) is 17.5. The highest BCUT2D eigenvalue weighted by molar-refractivity contribution is 5.82. The highest BCUT2D eigenvalue weighted by atomic mass is 16.5. The van der Waals surface area contributed by atoms with Crippen molar-refractivity contribution in [2.75, 3.05) is 19.7 Å². The van der Waals surface area contributed by atoms with E-state index >= 15 is 0 Å². The third kappa shape index (κ3) is 4.84. The highest BCUT2D eigenvalue weighted by Gasteiger charge is 2.20. The van der Waals surface area contributed by atoms with Crippen LogP contribution in [0.1, 0.15) is 42.9 Å². The molecule has 180 valence electrons. The van der Waals surface area contributed by atoms with Crippen LogP contribution in [0.4, 0.5) is 0 Å². The molecule has 1 aliphatic heterocycles. The molecule has 1 atom stereocenters. The van der Waals surface area contributed by atoms with E-state index in [1.54, 1.807) is 0 Å². The molecule has 2 aliphatic rings. The molecule has 1 fully saturated rings. The van der Waals surface area contributed by atoms with Gasteiger partial charge >= 0.3 is 0 Å². The Kier molecular flexibility index (Phi) is 6.28. The summed E-state index contributed by atoms with van der Waals surface area (Å²) in [6.07, 6.45) is 7.61. The van der Waals surface area contributed by atoms with Crippen LogP contribution < -0.4 is 4.74 Å². The minimum Gasteiger partial charge on any atom is -0.491 e. The molecule has 0 radical (unpaired) electrons. The summed E-state index contributed by atoms with van der Waals surface area (Å²) < 4.78 is 8.39. The molecule has 3 aromatic carbocycles. The van der Waals surface area contributed by atoms with Crippen molar-refractivity contribution in [1.82, 2.24) is 14.5 Å². The molecule has 1 N–H and O–H groups in total. The van der Waals surface area contributed by atoms with Crippen LogP contribution >= 0.6 is 0 Å². The molecule has 6 rings (SSSR count). The fourth-order valence-corrected chi connectivity index (χ4v) is 5.70. The van der Waals surface area contributed by atoms with Gasteiger partial charge in [-0.05, 0) is 65.8 Å². The van der Waals surface area contributed by atoms with E-state index in [0.717, 1.165) is 41.9 Å². The number of hydrogen-bond donors (Lipinski definition) is 1. The van der Waals surface area contributed by atoms with Crippen LogP contribution in [-0.2, 0) is 13.0 Å². The third-order valence-corrected chi connectivity index (χ3v) is 7.58. The predicted molar refractivity (Wildman–Crippen MR) is 140 cm³/mol. The Morgan fingerprint density at radius 3 is 2.66 bits per heavy atom. The average Bonchev–Trinajstić information content (AvgIpc) is 3.57. The van der Waals surface area contributed by atoms with Crippen molar-refractivity contribution in [3.8, 4) is 16.9 Å². The number of aliphatic hydroxyl groups is 1. The first-order valence-corrected chi connectivity index (χ1v) is 12.9. The SMILES string of the molecule is OC(COc1cccc(-c2ccc3ncn(C4CCCC4)c3c2)c1)CN1CCc2ccccc2C1. The first kappa shape index (κ1) is 22.3. The van der Waals surface area contributed by atoms with Crippen LogP contribution in [0.5, 0.6) is 5.75 Å². The van der Waals surface area contributed by atoms with Gasteiger partial charge < -0.3 is 14.4 Å². The number of hydrogen-bond acceptors (Lipinski definition) is 4. The first-order valence-electron chi connectivity index (χ1n) is 12.9. The molecule has 0 amide bonds. The van der Waals surface area contributed by atoms with Gasteiger partial charge in [-0.25, -0.2) is 4.98 Å². The second-order valence-corrected chi connectivity index (χ2v) is 10.0. The number of nitrogens with zero attached hydrogens (tertiary/aromatic N) is 3. The number of rotatable bonds is 7. The summed E-state index contributed by atoms with van der Waals surface area (Å²) in [5.74, 6) is 0.787. The van der Waals surface area contributed by atoms with Crippen LogP contribution in [0.15, 0.2) is 73.1 Å². The van der Waals surface area contributed by atoms with Crippen LogP contribution in [0.3, 0.4) is 0 Å². The first-order chi connectivity index (χ1) is 17.2. The van der Waals surface area contributed by atoms with Crippen molar-refractivity contribution in [2.24, 2.45) is 0 Å². The molecular weight excluding hydrogens is 434 g/mol. The molecule has 1 saturated carbocycles. The summed E-state index contributed by atoms with van der Waals surface area (Å²) in [5.41, 5.74) is 7.33. The molecule has 0 spiro atoms. The summed E-state index contributed by atoms with van der Waals surface area (Å²) in [5, 5.41) is 10.6. The smallest absolute Gasteiger partial charge is 0.120 e. The van der Waals surface area contributed by atoms with Crippen LogP contribution in [0, 0.1) is 0 Å². The zero-order chi connectivity index (χ0) is 23.6. The van der Waals surface area contributed by atoms with E-state index < -0.39 is 6.10 Å². The van der Waals surface area contributed by atoms with Crippen LogP contribution in [-0.4, -0.2) is 45.4 Å². The van der Waals surface area contributed by atoms with Crippen LogP contribution in [0.2, 0.25) is 0 Å². The van der Waals surface area contributed by atoms with Gasteiger partial charge in [0.15, 0.2) is 0 Å². The van der Waals surface area contributed by atoms with Crippen LogP contribution in [0.25, 0.3) is 22.2 Å². The van der Waals surface area contributed by atoms with Crippen molar-refractivity contribution in [1.29, 1.82) is 0 Å². The number of benzene rings is 3. The maximum Gasteiger partial charge on any atom is 0.120 e. The Hall–Kier alpha value is -3.15. The largest absolute Gasteiger partial charge is 0.491 e. The van der Waals surface area contributed by atoms with E-state index in [2.05, 4.69) is 69.0 Å². The van der Waals surface area contributed by atoms with Gasteiger partial charge in [-0.1, -0.05) is 55.3 Å². The molecule has 5 heteroatoms. The Morgan fingerprint density at radius 1 is 0.943 bits per heavy atom. The van der Waals surface area contributed by atoms with Gasteiger partial charge in [-0.15, -0.1) is 0 Å². The highest BCUT2D eigenvalue weighted by Crippen LogP contribution is 2.34. The van der Waals surface area contributed by atoms with Crippen molar-refractivity contribution in [3.63, 3.8) is 0 Å². The van der Waals surface area contributed by atoms with E-state index in [4.69, 9.17) is 4.74 Å². The lowest BCUT2D eigenvalue weighted by atomic mass is 10.00. The quantitative estimate of drug-likeness (QED) is 0.383. The fraction of sp³-hybridized carbons (Fsp3) is 0.367. The number of ether oxygens (including phenoxy) is 1. The maximum absolute atomic E-state index is 10.6.